The summed E-state index contributed by atoms with van der Waals surface area (Å²) in [6.45, 7) is -0.0317. The Labute approximate surface area is 179 Å². The molecule has 162 valence electrons. The minimum atomic E-state index is -0.983. The summed E-state index contributed by atoms with van der Waals surface area (Å²) in [6.07, 6.45) is 0.419. The average Bonchev–Trinajstić information content (AvgIpc) is 2.78. The maximum Gasteiger partial charge on any atom is 0.424 e. The average molecular weight is 426 g/mol. The van der Waals surface area contributed by atoms with Gasteiger partial charge in [0.25, 0.3) is 0 Å². The number of methoxy groups -OCH3 is 1. The van der Waals surface area contributed by atoms with Gasteiger partial charge in [0.1, 0.15) is 11.5 Å². The number of hydrogen-bond acceptors (Lipinski definition) is 8. The van der Waals surface area contributed by atoms with Crippen LogP contribution in [0, 0.1) is 0 Å². The Morgan fingerprint density at radius 1 is 0.903 bits per heavy atom. The zero-order valence-electron chi connectivity index (χ0n) is 16.9. The maximum atomic E-state index is 12.6. The molecule has 0 radical (unpaired) electrons. The molecule has 1 unspecified atom stereocenters. The van der Waals surface area contributed by atoms with Crippen LogP contribution in [-0.2, 0) is 14.3 Å². The van der Waals surface area contributed by atoms with Crippen LogP contribution in [-0.4, -0.2) is 48.8 Å². The van der Waals surface area contributed by atoms with Crippen LogP contribution in [0.4, 0.5) is 9.59 Å². The largest absolute Gasteiger partial charge is 0.467 e. The van der Waals surface area contributed by atoms with Crippen molar-refractivity contribution in [3.63, 3.8) is 0 Å². The molecule has 1 atom stereocenters. The molecule has 0 saturated carbocycles. The number of imide groups is 1. The summed E-state index contributed by atoms with van der Waals surface area (Å²) >= 11 is 0. The molecule has 2 rings (SSSR count). The second kappa shape index (κ2) is 12.6. The third-order valence-electron chi connectivity index (χ3n) is 4.13. The highest BCUT2D eigenvalue weighted by Gasteiger charge is 2.26. The first-order valence-electron chi connectivity index (χ1n) is 9.51. The van der Waals surface area contributed by atoms with E-state index >= 15 is 0 Å². The molecular formula is C22H22N2O7. The molecular weight excluding hydrogens is 404 g/mol. The number of nitrogens with zero attached hydrogens (tertiary/aromatic N) is 2. The van der Waals surface area contributed by atoms with E-state index in [2.05, 4.69) is 9.73 Å². The van der Waals surface area contributed by atoms with Crippen molar-refractivity contribution in [1.82, 2.24) is 4.90 Å². The topological polar surface area (TPSA) is 112 Å². The van der Waals surface area contributed by atoms with Crippen molar-refractivity contribution in [2.45, 2.75) is 25.3 Å². The van der Waals surface area contributed by atoms with Crippen LogP contribution in [0.1, 0.15) is 19.3 Å². The molecule has 2 amide bonds. The lowest BCUT2D eigenvalue weighted by molar-refractivity contribution is -0.142. The summed E-state index contributed by atoms with van der Waals surface area (Å²) in [5.74, 6) is -0.112. The van der Waals surface area contributed by atoms with E-state index in [4.69, 9.17) is 9.47 Å². The Hall–Kier alpha value is -3.97. The zero-order chi connectivity index (χ0) is 22.5. The molecule has 0 saturated heterocycles. The predicted octanol–water partition coefficient (Wildman–Crippen LogP) is 3.73. The third kappa shape index (κ3) is 7.75. The summed E-state index contributed by atoms with van der Waals surface area (Å²) in [5, 5.41) is 0. The highest BCUT2D eigenvalue weighted by molar-refractivity contribution is 5.89. The second-order valence-electron chi connectivity index (χ2n) is 6.27. The Morgan fingerprint density at radius 3 is 1.87 bits per heavy atom. The Morgan fingerprint density at radius 2 is 1.42 bits per heavy atom. The van der Waals surface area contributed by atoms with Crippen molar-refractivity contribution in [2.24, 2.45) is 4.99 Å². The first-order chi connectivity index (χ1) is 15.0. The fourth-order valence-corrected chi connectivity index (χ4v) is 2.59. The first kappa shape index (κ1) is 23.3. The van der Waals surface area contributed by atoms with Crippen LogP contribution < -0.4 is 9.47 Å². The molecule has 9 nitrogen and oxygen atoms in total. The molecule has 0 aromatic heterocycles. The van der Waals surface area contributed by atoms with Crippen molar-refractivity contribution >= 4 is 24.2 Å². The van der Waals surface area contributed by atoms with Crippen molar-refractivity contribution in [3.05, 3.63) is 60.7 Å². The van der Waals surface area contributed by atoms with E-state index in [-0.39, 0.29) is 24.5 Å². The molecule has 0 bridgehead atoms. The number of hydrogen-bond donors (Lipinski definition) is 0. The van der Waals surface area contributed by atoms with Crippen LogP contribution in [0.3, 0.4) is 0 Å². The number of benzene rings is 2. The van der Waals surface area contributed by atoms with Crippen LogP contribution in [0.5, 0.6) is 11.5 Å². The molecule has 9 heteroatoms. The van der Waals surface area contributed by atoms with Crippen LogP contribution in [0.15, 0.2) is 65.7 Å². The summed E-state index contributed by atoms with van der Waals surface area (Å²) in [7, 11) is 1.19. The van der Waals surface area contributed by atoms with Gasteiger partial charge in [0.2, 0.25) is 6.08 Å². The standard InChI is InChI=1S/C22H22N2O7/c1-29-20(26)19(23-16-25)14-8-9-15-24(21(27)30-17-10-4-2-5-11-17)22(28)31-18-12-6-3-7-13-18/h2-7,10-13,19H,8-9,14-15H2,1H3. The number of carbonyl (C=O) groups is 3. The van der Waals surface area contributed by atoms with Gasteiger partial charge in [-0.3, -0.25) is 0 Å². The molecule has 0 fully saturated rings. The van der Waals surface area contributed by atoms with Gasteiger partial charge in [-0.1, -0.05) is 36.4 Å². The van der Waals surface area contributed by atoms with E-state index < -0.39 is 24.2 Å². The van der Waals surface area contributed by atoms with Gasteiger partial charge >= 0.3 is 18.2 Å². The number of esters is 1. The molecule has 2 aromatic rings. The lowest BCUT2D eigenvalue weighted by Gasteiger charge is -2.20. The summed E-state index contributed by atoms with van der Waals surface area (Å²) in [4.78, 5) is 51.5. The van der Waals surface area contributed by atoms with Crippen molar-refractivity contribution in [3.8, 4) is 11.5 Å². The number of amides is 2. The van der Waals surface area contributed by atoms with Gasteiger partial charge in [-0.2, -0.15) is 4.99 Å². The smallest absolute Gasteiger partial charge is 0.424 e. The molecule has 0 spiro atoms. The van der Waals surface area contributed by atoms with E-state index in [0.717, 1.165) is 4.90 Å². The van der Waals surface area contributed by atoms with Crippen molar-refractivity contribution < 1.29 is 33.4 Å². The summed E-state index contributed by atoms with van der Waals surface area (Å²) in [5.41, 5.74) is 0. The molecule has 0 N–H and O–H groups in total. The highest BCUT2D eigenvalue weighted by Crippen LogP contribution is 2.15. The molecule has 0 aliphatic heterocycles. The fraction of sp³-hybridized carbons (Fsp3) is 0.273. The van der Waals surface area contributed by atoms with E-state index in [1.807, 2.05) is 0 Å². The number of aliphatic imine (C=N–C) groups is 1. The predicted molar refractivity (Wildman–Crippen MR) is 109 cm³/mol. The summed E-state index contributed by atoms with van der Waals surface area (Å²) in [6, 6.07) is 15.6. The van der Waals surface area contributed by atoms with E-state index in [1.54, 1.807) is 60.7 Å². The second-order valence-corrected chi connectivity index (χ2v) is 6.27. The third-order valence-corrected chi connectivity index (χ3v) is 4.13. The van der Waals surface area contributed by atoms with Gasteiger partial charge in [-0.25, -0.2) is 24.1 Å². The minimum absolute atomic E-state index is 0.0317. The van der Waals surface area contributed by atoms with Crippen molar-refractivity contribution in [1.29, 1.82) is 0 Å². The number of ether oxygens (including phenoxy) is 3. The Kier molecular flexibility index (Phi) is 9.45. The number of para-hydroxylation sites is 2. The van der Waals surface area contributed by atoms with E-state index in [9.17, 15) is 19.2 Å². The quantitative estimate of drug-likeness (QED) is 0.260. The van der Waals surface area contributed by atoms with E-state index in [0.29, 0.717) is 12.8 Å². The Bertz CT molecular complexity index is 858. The van der Waals surface area contributed by atoms with Crippen LogP contribution in [0.25, 0.3) is 0 Å². The van der Waals surface area contributed by atoms with Gasteiger partial charge in [-0.15, -0.1) is 0 Å². The molecule has 31 heavy (non-hydrogen) atoms. The van der Waals surface area contributed by atoms with Gasteiger partial charge in [0, 0.05) is 6.54 Å². The summed E-state index contributed by atoms with van der Waals surface area (Å²) < 4.78 is 15.1. The SMILES string of the molecule is COC(=O)C(CCCCN(C(=O)Oc1ccccc1)C(=O)Oc1ccccc1)N=C=O. The lowest BCUT2D eigenvalue weighted by atomic mass is 10.1. The normalized spacial score (nSPS) is 10.9. The highest BCUT2D eigenvalue weighted by atomic mass is 16.6. The zero-order valence-corrected chi connectivity index (χ0v) is 16.9. The minimum Gasteiger partial charge on any atom is -0.467 e. The molecule has 2 aromatic carbocycles. The van der Waals surface area contributed by atoms with Gasteiger partial charge in [0.15, 0.2) is 6.04 Å². The van der Waals surface area contributed by atoms with Crippen LogP contribution >= 0.6 is 0 Å². The number of isocyanates is 1. The van der Waals surface area contributed by atoms with Gasteiger partial charge in [0.05, 0.1) is 7.11 Å². The maximum absolute atomic E-state index is 12.6. The number of unbranched alkanes of at least 4 members (excludes halogenated alkanes) is 1. The molecule has 0 aliphatic rings. The lowest BCUT2D eigenvalue weighted by Crippen LogP contribution is -2.41. The molecule has 0 heterocycles. The molecule has 0 aliphatic carbocycles. The van der Waals surface area contributed by atoms with Crippen molar-refractivity contribution in [2.75, 3.05) is 13.7 Å². The fourth-order valence-electron chi connectivity index (χ4n) is 2.59. The monoisotopic (exact) mass is 426 g/mol. The van der Waals surface area contributed by atoms with E-state index in [1.165, 1.54) is 13.2 Å². The number of carbonyl (C=O) groups excluding carboxylic acids is 4. The van der Waals surface area contributed by atoms with Crippen LogP contribution in [0.2, 0.25) is 0 Å². The van der Waals surface area contributed by atoms with Gasteiger partial charge in [-0.05, 0) is 43.5 Å². The van der Waals surface area contributed by atoms with Gasteiger partial charge < -0.3 is 14.2 Å². The first-order valence-corrected chi connectivity index (χ1v) is 9.51. The Balaban J connectivity index is 2.02. The number of rotatable bonds is 9.